The smallest absolute Gasteiger partial charge is 0.268 e. The minimum Gasteiger partial charge on any atom is -0.352 e. The number of para-hydroxylation sites is 1. The molecule has 1 saturated carbocycles. The molecule has 2 aromatic rings. The van der Waals surface area contributed by atoms with Crippen LogP contribution in [0.2, 0.25) is 0 Å². The molecule has 0 atom stereocenters. The number of carbonyl (C=O) groups is 1. The van der Waals surface area contributed by atoms with E-state index < -0.39 is 10.0 Å². The van der Waals surface area contributed by atoms with E-state index in [-0.39, 0.29) is 23.4 Å². The third-order valence-electron chi connectivity index (χ3n) is 5.72. The number of rotatable bonds is 5. The Bertz CT molecular complexity index is 1010. The molecule has 1 aromatic heterocycles. The van der Waals surface area contributed by atoms with Crippen molar-refractivity contribution in [3.8, 4) is 0 Å². The van der Waals surface area contributed by atoms with Crippen molar-refractivity contribution in [2.24, 2.45) is 0 Å². The molecule has 0 bridgehead atoms. The first kappa shape index (κ1) is 19.0. The Labute approximate surface area is 165 Å². The number of nitrogens with zero attached hydrogens (tertiary/aromatic N) is 3. The molecule has 2 aliphatic rings. The van der Waals surface area contributed by atoms with E-state index in [4.69, 9.17) is 0 Å². The molecule has 7 nitrogen and oxygen atoms in total. The van der Waals surface area contributed by atoms with E-state index in [1.807, 2.05) is 24.3 Å². The Balaban J connectivity index is 1.59. The monoisotopic (exact) mass is 402 g/mol. The van der Waals surface area contributed by atoms with Gasteiger partial charge in [-0.25, -0.2) is 8.42 Å². The number of anilines is 1. The van der Waals surface area contributed by atoms with Gasteiger partial charge in [0.05, 0.1) is 17.1 Å². The standard InChI is InChI=1S/C20H26N4O3S/c1-14-20(28(26,27)24-12-11-16-7-3-6-10-18(16)24)15(2)23(22-14)13-19(25)21-17-8-4-5-9-17/h3,6-7,10,17H,4-5,8-9,11-13H2,1-2H3,(H,21,25). The first-order valence-electron chi connectivity index (χ1n) is 9.82. The molecule has 4 rings (SSSR count). The molecular weight excluding hydrogens is 376 g/mol. The van der Waals surface area contributed by atoms with Crippen LogP contribution >= 0.6 is 0 Å². The highest BCUT2D eigenvalue weighted by Crippen LogP contribution is 2.34. The van der Waals surface area contributed by atoms with Gasteiger partial charge in [0.15, 0.2) is 0 Å². The number of sulfonamides is 1. The molecule has 8 heteroatoms. The molecule has 2 heterocycles. The number of hydrogen-bond acceptors (Lipinski definition) is 4. The summed E-state index contributed by atoms with van der Waals surface area (Å²) in [5, 5.41) is 7.40. The number of benzene rings is 1. The number of fused-ring (bicyclic) bond motifs is 1. The van der Waals surface area contributed by atoms with Crippen LogP contribution < -0.4 is 9.62 Å². The molecule has 1 fully saturated rings. The van der Waals surface area contributed by atoms with E-state index in [1.165, 1.54) is 8.99 Å². The predicted octanol–water partition coefficient (Wildman–Crippen LogP) is 2.31. The fourth-order valence-corrected chi connectivity index (χ4v) is 6.24. The summed E-state index contributed by atoms with van der Waals surface area (Å²) in [6.45, 7) is 3.87. The van der Waals surface area contributed by atoms with Gasteiger partial charge in [-0.05, 0) is 44.7 Å². The van der Waals surface area contributed by atoms with Crippen LogP contribution in [0.25, 0.3) is 0 Å². The molecule has 0 unspecified atom stereocenters. The molecule has 28 heavy (non-hydrogen) atoms. The van der Waals surface area contributed by atoms with Crippen molar-refractivity contribution in [1.29, 1.82) is 0 Å². The summed E-state index contributed by atoms with van der Waals surface area (Å²) in [4.78, 5) is 12.6. The van der Waals surface area contributed by atoms with Gasteiger partial charge < -0.3 is 5.32 Å². The summed E-state index contributed by atoms with van der Waals surface area (Å²) in [5.74, 6) is -0.118. The molecule has 0 spiro atoms. The van der Waals surface area contributed by atoms with Crippen LogP contribution in [0.15, 0.2) is 29.2 Å². The molecule has 1 N–H and O–H groups in total. The van der Waals surface area contributed by atoms with Gasteiger partial charge >= 0.3 is 0 Å². The second-order valence-corrected chi connectivity index (χ2v) is 9.46. The third-order valence-corrected chi connectivity index (χ3v) is 7.79. The number of hydrogen-bond donors (Lipinski definition) is 1. The number of aryl methyl sites for hydroxylation is 1. The van der Waals surface area contributed by atoms with Crippen molar-refractivity contribution in [2.45, 2.75) is 63.4 Å². The first-order chi connectivity index (χ1) is 13.4. The van der Waals surface area contributed by atoms with E-state index >= 15 is 0 Å². The molecule has 0 radical (unpaired) electrons. The zero-order valence-corrected chi connectivity index (χ0v) is 17.1. The summed E-state index contributed by atoms with van der Waals surface area (Å²) >= 11 is 0. The second kappa shape index (κ2) is 7.24. The lowest BCUT2D eigenvalue weighted by molar-refractivity contribution is -0.122. The number of aromatic nitrogens is 2. The van der Waals surface area contributed by atoms with Crippen LogP contribution in [0.4, 0.5) is 5.69 Å². The van der Waals surface area contributed by atoms with E-state index in [1.54, 1.807) is 13.8 Å². The van der Waals surface area contributed by atoms with E-state index in [9.17, 15) is 13.2 Å². The fraction of sp³-hybridized carbons (Fsp3) is 0.500. The number of carbonyl (C=O) groups excluding carboxylic acids is 1. The largest absolute Gasteiger partial charge is 0.352 e. The van der Waals surface area contributed by atoms with E-state index in [2.05, 4.69) is 10.4 Å². The highest BCUT2D eigenvalue weighted by atomic mass is 32.2. The van der Waals surface area contributed by atoms with Crippen LogP contribution in [0.3, 0.4) is 0 Å². The highest BCUT2D eigenvalue weighted by molar-refractivity contribution is 7.93. The predicted molar refractivity (Wildman–Crippen MR) is 107 cm³/mol. The maximum Gasteiger partial charge on any atom is 0.268 e. The van der Waals surface area contributed by atoms with Crippen molar-refractivity contribution < 1.29 is 13.2 Å². The summed E-state index contributed by atoms with van der Waals surface area (Å²) < 4.78 is 29.7. The summed E-state index contributed by atoms with van der Waals surface area (Å²) in [6, 6.07) is 7.80. The van der Waals surface area contributed by atoms with Gasteiger partial charge in [0, 0.05) is 12.6 Å². The Kier molecular flexibility index (Phi) is 4.91. The number of amides is 1. The van der Waals surface area contributed by atoms with Crippen molar-refractivity contribution in [1.82, 2.24) is 15.1 Å². The SMILES string of the molecule is Cc1nn(CC(=O)NC2CCCC2)c(C)c1S(=O)(=O)N1CCc2ccccc21. The summed E-state index contributed by atoms with van der Waals surface area (Å²) in [5.41, 5.74) is 2.69. The minimum absolute atomic E-state index is 0.0370. The van der Waals surface area contributed by atoms with Crippen LogP contribution in [0.1, 0.15) is 42.6 Å². The van der Waals surface area contributed by atoms with Crippen molar-refractivity contribution in [2.75, 3.05) is 10.8 Å². The van der Waals surface area contributed by atoms with Crippen molar-refractivity contribution in [3.05, 3.63) is 41.2 Å². The van der Waals surface area contributed by atoms with Gasteiger partial charge in [-0.2, -0.15) is 5.10 Å². The average Bonchev–Trinajstić information content (AvgIpc) is 3.35. The molecule has 150 valence electrons. The van der Waals surface area contributed by atoms with Crippen LogP contribution in [-0.4, -0.2) is 36.7 Å². The Morgan fingerprint density at radius 1 is 1.21 bits per heavy atom. The number of nitrogens with one attached hydrogen (secondary N) is 1. The van der Waals surface area contributed by atoms with E-state index in [0.717, 1.165) is 36.9 Å². The maximum atomic E-state index is 13.4. The molecule has 1 aliphatic carbocycles. The van der Waals surface area contributed by atoms with E-state index in [0.29, 0.717) is 24.4 Å². The average molecular weight is 403 g/mol. The highest BCUT2D eigenvalue weighted by Gasteiger charge is 2.35. The van der Waals surface area contributed by atoms with Crippen LogP contribution in [0.5, 0.6) is 0 Å². The Morgan fingerprint density at radius 3 is 2.68 bits per heavy atom. The zero-order valence-electron chi connectivity index (χ0n) is 16.3. The maximum absolute atomic E-state index is 13.4. The molecule has 1 aromatic carbocycles. The van der Waals surface area contributed by atoms with Crippen molar-refractivity contribution in [3.63, 3.8) is 0 Å². The van der Waals surface area contributed by atoms with Gasteiger partial charge in [-0.3, -0.25) is 13.8 Å². The molecular formula is C20H26N4O3S. The van der Waals surface area contributed by atoms with Gasteiger partial charge in [-0.1, -0.05) is 31.0 Å². The lowest BCUT2D eigenvalue weighted by Crippen LogP contribution is -2.35. The topological polar surface area (TPSA) is 84.3 Å². The Hall–Kier alpha value is -2.35. The first-order valence-corrected chi connectivity index (χ1v) is 11.3. The Morgan fingerprint density at radius 2 is 1.93 bits per heavy atom. The van der Waals surface area contributed by atoms with Gasteiger partial charge in [0.2, 0.25) is 5.91 Å². The quantitative estimate of drug-likeness (QED) is 0.832. The zero-order chi connectivity index (χ0) is 19.9. The fourth-order valence-electron chi connectivity index (χ4n) is 4.36. The van der Waals surface area contributed by atoms with Gasteiger partial charge in [0.25, 0.3) is 10.0 Å². The molecule has 0 saturated heterocycles. The van der Waals surface area contributed by atoms with Gasteiger partial charge in [0.1, 0.15) is 11.4 Å². The molecule has 1 aliphatic heterocycles. The minimum atomic E-state index is -3.73. The van der Waals surface area contributed by atoms with Gasteiger partial charge in [-0.15, -0.1) is 0 Å². The normalized spacial score (nSPS) is 17.1. The third kappa shape index (κ3) is 3.30. The second-order valence-electron chi connectivity index (χ2n) is 7.66. The summed E-state index contributed by atoms with van der Waals surface area (Å²) in [7, 11) is -3.73. The lowest BCUT2D eigenvalue weighted by atomic mass is 10.2. The van der Waals surface area contributed by atoms with Crippen LogP contribution in [0, 0.1) is 13.8 Å². The van der Waals surface area contributed by atoms with Crippen LogP contribution in [-0.2, 0) is 27.8 Å². The lowest BCUT2D eigenvalue weighted by Gasteiger charge is -2.20. The summed E-state index contributed by atoms with van der Waals surface area (Å²) in [6.07, 6.45) is 5.01. The van der Waals surface area contributed by atoms with Crippen molar-refractivity contribution >= 4 is 21.6 Å². The molecule has 1 amide bonds.